The number of rotatable bonds is 2. The summed E-state index contributed by atoms with van der Waals surface area (Å²) in [6.07, 6.45) is 2.67. The van der Waals surface area contributed by atoms with Crippen LogP contribution in [0.25, 0.3) is 5.52 Å². The molecule has 0 fully saturated rings. The zero-order valence-corrected chi connectivity index (χ0v) is 9.25. The predicted molar refractivity (Wildman–Crippen MR) is 56.5 cm³/mol. The van der Waals surface area contributed by atoms with Crippen molar-refractivity contribution in [3.63, 3.8) is 0 Å². The molecule has 0 aliphatic carbocycles. The number of nitrogens with zero attached hydrogens (tertiary/aromatic N) is 3. The summed E-state index contributed by atoms with van der Waals surface area (Å²) in [6, 6.07) is 3.46. The van der Waals surface area contributed by atoms with E-state index in [1.54, 1.807) is 18.3 Å². The van der Waals surface area contributed by atoms with Gasteiger partial charge in [-0.05, 0) is 12.1 Å². The summed E-state index contributed by atoms with van der Waals surface area (Å²) in [5, 5.41) is 4.11. The van der Waals surface area contributed by atoms with E-state index in [0.717, 1.165) is 6.26 Å². The van der Waals surface area contributed by atoms with E-state index in [4.69, 9.17) is 11.6 Å². The lowest BCUT2D eigenvalue weighted by Gasteiger charge is -2.03. The Balaban J connectivity index is 2.54. The molecule has 0 aliphatic rings. The van der Waals surface area contributed by atoms with Gasteiger partial charge in [-0.2, -0.15) is 4.98 Å². The molecule has 0 saturated carbocycles. The number of halogens is 1. The molecule has 0 atom stereocenters. The van der Waals surface area contributed by atoms with Crippen molar-refractivity contribution < 1.29 is 8.42 Å². The lowest BCUT2D eigenvalue weighted by Crippen LogP contribution is -2.13. The molecule has 15 heavy (non-hydrogen) atoms. The van der Waals surface area contributed by atoms with Crippen LogP contribution in [-0.4, -0.2) is 29.3 Å². The molecule has 0 amide bonds. The number of hydrogen-bond donors (Lipinski definition) is 1. The second-order valence-corrected chi connectivity index (χ2v) is 5.04. The fourth-order valence-electron chi connectivity index (χ4n) is 1.11. The van der Waals surface area contributed by atoms with Crippen molar-refractivity contribution in [2.45, 2.75) is 0 Å². The summed E-state index contributed by atoms with van der Waals surface area (Å²) in [4.78, 5) is 3.80. The smallest absolute Gasteiger partial charge is 0.250 e. The van der Waals surface area contributed by atoms with Gasteiger partial charge in [0, 0.05) is 6.20 Å². The lowest BCUT2D eigenvalue weighted by molar-refractivity contribution is 0.606. The molecule has 2 heterocycles. The number of sulfonamides is 1. The fraction of sp³-hybridized carbons (Fsp3) is 0.143. The molecule has 2 rings (SSSR count). The van der Waals surface area contributed by atoms with Crippen molar-refractivity contribution in [3.8, 4) is 0 Å². The van der Waals surface area contributed by atoms with E-state index in [9.17, 15) is 8.42 Å². The Morgan fingerprint density at radius 3 is 2.93 bits per heavy atom. The zero-order valence-electron chi connectivity index (χ0n) is 7.68. The summed E-state index contributed by atoms with van der Waals surface area (Å²) < 4.78 is 25.5. The van der Waals surface area contributed by atoms with Crippen LogP contribution in [-0.2, 0) is 10.0 Å². The van der Waals surface area contributed by atoms with E-state index in [1.807, 2.05) is 0 Å². The minimum absolute atomic E-state index is 0.0498. The first kappa shape index (κ1) is 10.2. The van der Waals surface area contributed by atoms with Crippen LogP contribution in [0.4, 0.5) is 5.95 Å². The Labute approximate surface area is 90.9 Å². The van der Waals surface area contributed by atoms with E-state index in [0.29, 0.717) is 5.52 Å². The van der Waals surface area contributed by atoms with Crippen LogP contribution in [0.15, 0.2) is 18.3 Å². The molecule has 1 N–H and O–H groups in total. The maximum Gasteiger partial charge on any atom is 0.256 e. The third-order valence-corrected chi connectivity index (χ3v) is 2.45. The monoisotopic (exact) mass is 246 g/mol. The predicted octanol–water partition coefficient (Wildman–Crippen LogP) is 0.754. The highest BCUT2D eigenvalue weighted by atomic mass is 35.5. The van der Waals surface area contributed by atoms with Crippen LogP contribution in [0.1, 0.15) is 0 Å². The normalized spacial score (nSPS) is 11.9. The Bertz CT molecular complexity index is 606. The standard InChI is InChI=1S/C7H7ClN4O2S/c1-15(13,14)11-7-9-6(8)5-3-2-4-12(5)10-7/h2-4H,1H3,(H,10,11). The Morgan fingerprint density at radius 2 is 2.27 bits per heavy atom. The molecule has 2 aromatic rings. The van der Waals surface area contributed by atoms with E-state index >= 15 is 0 Å². The summed E-state index contributed by atoms with van der Waals surface area (Å²) in [5.41, 5.74) is 0.621. The second-order valence-electron chi connectivity index (χ2n) is 2.94. The van der Waals surface area contributed by atoms with Crippen molar-refractivity contribution in [1.29, 1.82) is 0 Å². The van der Waals surface area contributed by atoms with Gasteiger partial charge in [0.2, 0.25) is 10.0 Å². The van der Waals surface area contributed by atoms with Gasteiger partial charge >= 0.3 is 0 Å². The highest BCUT2D eigenvalue weighted by Crippen LogP contribution is 2.16. The number of fused-ring (bicyclic) bond motifs is 1. The second kappa shape index (κ2) is 3.35. The van der Waals surface area contributed by atoms with E-state index in [-0.39, 0.29) is 11.1 Å². The van der Waals surface area contributed by atoms with E-state index in [1.165, 1.54) is 4.52 Å². The van der Waals surface area contributed by atoms with Crippen molar-refractivity contribution in [3.05, 3.63) is 23.5 Å². The molecule has 0 aromatic carbocycles. The summed E-state index contributed by atoms with van der Waals surface area (Å²) in [6.45, 7) is 0. The molecule has 0 saturated heterocycles. The molecule has 0 radical (unpaired) electrons. The quantitative estimate of drug-likeness (QED) is 0.849. The molecule has 80 valence electrons. The minimum atomic E-state index is -3.39. The SMILES string of the molecule is CS(=O)(=O)Nc1nc(Cl)c2cccn2n1. The Hall–Kier alpha value is -1.34. The topological polar surface area (TPSA) is 76.4 Å². The number of anilines is 1. The molecule has 0 aliphatic heterocycles. The molecular formula is C7H7ClN4O2S. The van der Waals surface area contributed by atoms with Gasteiger partial charge in [-0.3, -0.25) is 4.72 Å². The lowest BCUT2D eigenvalue weighted by atomic mass is 10.5. The Kier molecular flexibility index (Phi) is 2.28. The van der Waals surface area contributed by atoms with Crippen molar-refractivity contribution in [2.75, 3.05) is 11.0 Å². The van der Waals surface area contributed by atoms with Gasteiger partial charge in [0.05, 0.1) is 6.26 Å². The molecule has 6 nitrogen and oxygen atoms in total. The van der Waals surface area contributed by atoms with Gasteiger partial charge in [0.15, 0.2) is 5.15 Å². The van der Waals surface area contributed by atoms with Crippen molar-refractivity contribution in [1.82, 2.24) is 14.6 Å². The average Bonchev–Trinajstić information content (AvgIpc) is 2.48. The highest BCUT2D eigenvalue weighted by Gasteiger charge is 2.08. The van der Waals surface area contributed by atoms with E-state index in [2.05, 4.69) is 14.8 Å². The number of nitrogens with one attached hydrogen (secondary N) is 1. The van der Waals surface area contributed by atoms with Crippen molar-refractivity contribution >= 4 is 33.1 Å². The molecule has 0 unspecified atom stereocenters. The van der Waals surface area contributed by atoms with Crippen molar-refractivity contribution in [2.24, 2.45) is 0 Å². The molecule has 2 aromatic heterocycles. The molecule has 8 heteroatoms. The third-order valence-electron chi connectivity index (χ3n) is 1.62. The molecule has 0 spiro atoms. The first-order chi connectivity index (χ1) is 6.96. The van der Waals surface area contributed by atoms with Crippen LogP contribution in [0.3, 0.4) is 0 Å². The molecule has 0 bridgehead atoms. The Morgan fingerprint density at radius 1 is 1.53 bits per heavy atom. The first-order valence-electron chi connectivity index (χ1n) is 3.94. The van der Waals surface area contributed by atoms with Crippen LogP contribution in [0.2, 0.25) is 5.15 Å². The van der Waals surface area contributed by atoms with Gasteiger partial charge in [0.1, 0.15) is 5.52 Å². The van der Waals surface area contributed by atoms with Crippen LogP contribution >= 0.6 is 11.6 Å². The largest absolute Gasteiger partial charge is 0.256 e. The van der Waals surface area contributed by atoms with Gasteiger partial charge in [-0.25, -0.2) is 12.9 Å². The van der Waals surface area contributed by atoms with Crippen LogP contribution in [0, 0.1) is 0 Å². The number of hydrogen-bond acceptors (Lipinski definition) is 4. The van der Waals surface area contributed by atoms with Crippen LogP contribution < -0.4 is 4.72 Å². The summed E-state index contributed by atoms with van der Waals surface area (Å²) in [7, 11) is -3.39. The van der Waals surface area contributed by atoms with Gasteiger partial charge in [0.25, 0.3) is 5.95 Å². The maximum absolute atomic E-state index is 10.9. The highest BCUT2D eigenvalue weighted by molar-refractivity contribution is 7.91. The first-order valence-corrected chi connectivity index (χ1v) is 6.21. The number of aromatic nitrogens is 3. The average molecular weight is 247 g/mol. The molecular weight excluding hydrogens is 240 g/mol. The fourth-order valence-corrected chi connectivity index (χ4v) is 1.75. The van der Waals surface area contributed by atoms with Crippen LogP contribution in [0.5, 0.6) is 0 Å². The third kappa shape index (κ3) is 2.18. The van der Waals surface area contributed by atoms with Gasteiger partial charge in [-0.15, -0.1) is 5.10 Å². The van der Waals surface area contributed by atoms with E-state index < -0.39 is 10.0 Å². The zero-order chi connectivity index (χ0) is 11.1. The minimum Gasteiger partial charge on any atom is -0.250 e. The maximum atomic E-state index is 10.9. The van der Waals surface area contributed by atoms with Gasteiger partial charge in [-0.1, -0.05) is 11.6 Å². The summed E-state index contributed by atoms with van der Waals surface area (Å²) in [5.74, 6) is -0.0498. The summed E-state index contributed by atoms with van der Waals surface area (Å²) >= 11 is 5.83. The van der Waals surface area contributed by atoms with Gasteiger partial charge < -0.3 is 0 Å².